The summed E-state index contributed by atoms with van der Waals surface area (Å²) in [5.74, 6) is -0.779. The van der Waals surface area contributed by atoms with E-state index < -0.39 is 10.2 Å². The van der Waals surface area contributed by atoms with Crippen LogP contribution in [0, 0.1) is 0 Å². The van der Waals surface area contributed by atoms with E-state index in [1.54, 1.807) is 0 Å². The van der Waals surface area contributed by atoms with Gasteiger partial charge in [0.1, 0.15) is 0 Å². The van der Waals surface area contributed by atoms with Crippen molar-refractivity contribution in [3.05, 3.63) is 91.0 Å². The van der Waals surface area contributed by atoms with Gasteiger partial charge in [-0.3, -0.25) is 0 Å². The molecule has 0 radical (unpaired) electrons. The number of aliphatic carboxylic acids is 1. The van der Waals surface area contributed by atoms with Gasteiger partial charge in [-0.15, -0.1) is 0 Å². The Bertz CT molecular complexity index is 736. The zero-order valence-corrected chi connectivity index (χ0v) is 16.1. The number of benzene rings is 3. The van der Waals surface area contributed by atoms with Gasteiger partial charge in [-0.05, 0) is 0 Å². The van der Waals surface area contributed by atoms with Crippen molar-refractivity contribution in [2.45, 2.75) is 0 Å². The maximum atomic E-state index is 12.0. The second-order valence-electron chi connectivity index (χ2n) is 5.74. The molecule has 0 saturated carbocycles. The van der Waals surface area contributed by atoms with Crippen LogP contribution in [0.1, 0.15) is 0 Å². The summed E-state index contributed by atoms with van der Waals surface area (Å²) >= 11 is 2.47. The molecule has 0 amide bonds. The minimum absolute atomic E-state index is 0.0875. The van der Waals surface area contributed by atoms with Crippen molar-refractivity contribution in [1.29, 1.82) is 0 Å². The van der Waals surface area contributed by atoms with Crippen molar-refractivity contribution in [3.8, 4) is 0 Å². The van der Waals surface area contributed by atoms with Gasteiger partial charge in [0.25, 0.3) is 0 Å². The molecule has 3 rings (SSSR count). The van der Waals surface area contributed by atoms with Crippen molar-refractivity contribution in [2.24, 2.45) is 0 Å². The third-order valence-corrected chi connectivity index (χ3v) is 15.3. The SMILES string of the molecule is O=C(O)CP(I)(c1ccccc1)(c1ccccc1)c1ccccc1. The molecule has 3 aromatic rings. The molecule has 0 atom stereocenters. The Morgan fingerprint density at radius 3 is 1.25 bits per heavy atom. The van der Waals surface area contributed by atoms with Crippen LogP contribution in [0.15, 0.2) is 91.0 Å². The molecule has 0 aliphatic carbocycles. The van der Waals surface area contributed by atoms with Gasteiger partial charge >= 0.3 is 155 Å². The van der Waals surface area contributed by atoms with Gasteiger partial charge in [-0.2, -0.15) is 0 Å². The molecule has 0 unspecified atom stereocenters. The molecule has 2 nitrogen and oxygen atoms in total. The minimum atomic E-state index is -3.13. The zero-order chi connectivity index (χ0) is 17.1. The number of hydrogen-bond donors (Lipinski definition) is 1. The number of carbonyl (C=O) groups is 1. The number of carboxylic acids is 1. The Balaban J connectivity index is 2.45. The Morgan fingerprint density at radius 2 is 1.00 bits per heavy atom. The Kier molecular flexibility index (Phi) is 4.75. The van der Waals surface area contributed by atoms with E-state index in [0.29, 0.717) is 0 Å². The molecule has 24 heavy (non-hydrogen) atoms. The van der Waals surface area contributed by atoms with Gasteiger partial charge in [0.05, 0.1) is 0 Å². The first-order valence-electron chi connectivity index (χ1n) is 7.67. The van der Waals surface area contributed by atoms with Crippen LogP contribution in [0.3, 0.4) is 0 Å². The molecular formula is C20H18IO2P. The fourth-order valence-electron chi connectivity index (χ4n) is 3.19. The monoisotopic (exact) mass is 448 g/mol. The molecular weight excluding hydrogens is 430 g/mol. The van der Waals surface area contributed by atoms with Gasteiger partial charge < -0.3 is 0 Å². The van der Waals surface area contributed by atoms with E-state index in [2.05, 4.69) is 58.4 Å². The summed E-state index contributed by atoms with van der Waals surface area (Å²) in [5, 5.41) is 13.1. The van der Waals surface area contributed by atoms with E-state index in [1.165, 1.54) is 0 Å². The van der Waals surface area contributed by atoms with Gasteiger partial charge in [0.2, 0.25) is 0 Å². The van der Waals surface area contributed by atoms with Crippen LogP contribution < -0.4 is 15.9 Å². The van der Waals surface area contributed by atoms with E-state index in [9.17, 15) is 9.90 Å². The van der Waals surface area contributed by atoms with Crippen LogP contribution in [0.25, 0.3) is 0 Å². The van der Waals surface area contributed by atoms with Crippen LogP contribution in [-0.2, 0) is 4.79 Å². The van der Waals surface area contributed by atoms with Crippen LogP contribution >= 0.6 is 26.3 Å². The molecule has 0 spiro atoms. The second-order valence-corrected chi connectivity index (χ2v) is 16.4. The van der Waals surface area contributed by atoms with Gasteiger partial charge in [0.15, 0.2) is 0 Å². The summed E-state index contributed by atoms with van der Waals surface area (Å²) in [6.07, 6.45) is 0.0875. The Morgan fingerprint density at radius 1 is 0.708 bits per heavy atom. The fourth-order valence-corrected chi connectivity index (χ4v) is 11.3. The molecule has 0 fully saturated rings. The van der Waals surface area contributed by atoms with Crippen LogP contribution in [0.4, 0.5) is 0 Å². The van der Waals surface area contributed by atoms with Crippen LogP contribution in [0.2, 0.25) is 0 Å². The molecule has 0 aliphatic heterocycles. The predicted octanol–water partition coefficient (Wildman–Crippen LogP) is 3.95. The summed E-state index contributed by atoms with van der Waals surface area (Å²) in [6, 6.07) is 30.2. The standard InChI is InChI=1S/C20H18IO2P/c21-24(16-20(22)23,17-10-4-1-5-11-17,18-12-6-2-7-13-18)19-14-8-3-9-15-19/h1-15H,16H2,(H,22,23). The van der Waals surface area contributed by atoms with Gasteiger partial charge in [0, 0.05) is 0 Å². The average Bonchev–Trinajstić information content (AvgIpc) is 2.63. The number of rotatable bonds is 5. The molecule has 1 N–H and O–H groups in total. The first kappa shape index (κ1) is 17.1. The normalized spacial score (nSPS) is 13.0. The molecule has 0 aromatic heterocycles. The van der Waals surface area contributed by atoms with E-state index in [1.807, 2.05) is 54.6 Å². The first-order valence-corrected chi connectivity index (χ1v) is 12.9. The Hall–Kier alpha value is -1.71. The van der Waals surface area contributed by atoms with Gasteiger partial charge in [-0.25, -0.2) is 0 Å². The van der Waals surface area contributed by atoms with Gasteiger partial charge in [-0.1, -0.05) is 0 Å². The first-order chi connectivity index (χ1) is 11.6. The third kappa shape index (κ3) is 2.76. The zero-order valence-electron chi connectivity index (χ0n) is 13.0. The molecule has 4 heteroatoms. The Labute approximate surface area is 155 Å². The quantitative estimate of drug-likeness (QED) is 0.474. The summed E-state index contributed by atoms with van der Waals surface area (Å²) in [6.45, 7) is 0. The van der Waals surface area contributed by atoms with Crippen molar-refractivity contribution < 1.29 is 9.90 Å². The van der Waals surface area contributed by atoms with E-state index in [4.69, 9.17) is 0 Å². The van der Waals surface area contributed by atoms with Crippen LogP contribution in [0.5, 0.6) is 0 Å². The van der Waals surface area contributed by atoms with Crippen molar-refractivity contribution in [1.82, 2.24) is 0 Å². The van der Waals surface area contributed by atoms with E-state index >= 15 is 0 Å². The number of halogens is 1. The molecule has 0 saturated heterocycles. The number of carboxylic acid groups (broad SMARTS) is 1. The third-order valence-electron chi connectivity index (χ3n) is 4.32. The number of hydrogen-bond acceptors (Lipinski definition) is 1. The van der Waals surface area contributed by atoms with Crippen molar-refractivity contribution in [3.63, 3.8) is 0 Å². The summed E-state index contributed by atoms with van der Waals surface area (Å²) < 4.78 is -3.13. The van der Waals surface area contributed by atoms with E-state index in [0.717, 1.165) is 15.9 Å². The molecule has 3 aromatic carbocycles. The molecule has 122 valence electrons. The fraction of sp³-hybridized carbons (Fsp3) is 0.0500. The molecule has 0 heterocycles. The van der Waals surface area contributed by atoms with Crippen LogP contribution in [-0.4, -0.2) is 17.2 Å². The molecule has 0 bridgehead atoms. The summed E-state index contributed by atoms with van der Waals surface area (Å²) in [7, 11) is 0. The van der Waals surface area contributed by atoms with Crippen molar-refractivity contribution in [2.75, 3.05) is 6.16 Å². The average molecular weight is 448 g/mol. The molecule has 0 aliphatic rings. The second kappa shape index (κ2) is 6.66. The van der Waals surface area contributed by atoms with Crippen molar-refractivity contribution >= 4 is 48.2 Å². The predicted molar refractivity (Wildman–Crippen MR) is 112 cm³/mol. The topological polar surface area (TPSA) is 37.3 Å². The van der Waals surface area contributed by atoms with E-state index in [-0.39, 0.29) is 6.16 Å². The summed E-state index contributed by atoms with van der Waals surface area (Å²) in [5.41, 5.74) is 0. The summed E-state index contributed by atoms with van der Waals surface area (Å²) in [4.78, 5) is 12.0. The maximum absolute atomic E-state index is 12.0.